The molecule has 8 heteroatoms. The quantitative estimate of drug-likeness (QED) is 0.799. The highest BCUT2D eigenvalue weighted by Crippen LogP contribution is 2.35. The zero-order chi connectivity index (χ0) is 13.6. The molecule has 1 amide bonds. The fraction of sp³-hybridized carbons (Fsp3) is 0.0909. The molecule has 1 aliphatic rings. The first kappa shape index (κ1) is 12.5. The number of rotatable bonds is 2. The Bertz CT molecular complexity index is 701. The highest BCUT2D eigenvalue weighted by Gasteiger charge is 2.38. The number of amides is 1. The first-order chi connectivity index (χ1) is 9.09. The van der Waals surface area contributed by atoms with Crippen LogP contribution >= 0.6 is 34.7 Å². The summed E-state index contributed by atoms with van der Waals surface area (Å²) >= 11 is 12.9. The number of nitrogens with zero attached hydrogens (tertiary/aromatic N) is 3. The molecule has 2 heterocycles. The summed E-state index contributed by atoms with van der Waals surface area (Å²) in [7, 11) is 0. The normalized spacial score (nSPS) is 14.1. The minimum atomic E-state index is -0.632. The smallest absolute Gasteiger partial charge is 0.299 e. The number of carbonyl (C=O) groups excluding carboxylic acids is 2. The van der Waals surface area contributed by atoms with E-state index in [1.54, 1.807) is 18.2 Å². The van der Waals surface area contributed by atoms with Gasteiger partial charge < -0.3 is 0 Å². The van der Waals surface area contributed by atoms with Gasteiger partial charge >= 0.3 is 0 Å². The number of aromatic nitrogens is 2. The van der Waals surface area contributed by atoms with Gasteiger partial charge in [-0.1, -0.05) is 33.8 Å². The van der Waals surface area contributed by atoms with Crippen LogP contribution in [0.5, 0.6) is 0 Å². The Morgan fingerprint density at radius 2 is 2.05 bits per heavy atom. The van der Waals surface area contributed by atoms with Gasteiger partial charge in [-0.25, -0.2) is 0 Å². The number of halogens is 2. The molecule has 0 fully saturated rings. The lowest BCUT2D eigenvalue weighted by Crippen LogP contribution is -2.29. The summed E-state index contributed by atoms with van der Waals surface area (Å²) < 4.78 is 4.09. The fourth-order valence-corrected chi connectivity index (χ4v) is 2.77. The second-order valence-electron chi connectivity index (χ2n) is 3.85. The molecule has 2 aromatic rings. The molecule has 0 N–H and O–H groups in total. The third-order valence-corrected chi connectivity index (χ3v) is 4.07. The molecular weight excluding hydrogens is 309 g/mol. The number of hydrogen-bond donors (Lipinski definition) is 0. The zero-order valence-corrected chi connectivity index (χ0v) is 11.6. The van der Waals surface area contributed by atoms with Crippen molar-refractivity contribution in [1.82, 2.24) is 9.59 Å². The molecule has 0 spiro atoms. The van der Waals surface area contributed by atoms with E-state index in [0.29, 0.717) is 15.7 Å². The lowest BCUT2D eigenvalue weighted by molar-refractivity contribution is -0.114. The maximum Gasteiger partial charge on any atom is 0.299 e. The van der Waals surface area contributed by atoms with Crippen molar-refractivity contribution in [2.24, 2.45) is 0 Å². The van der Waals surface area contributed by atoms with Crippen molar-refractivity contribution < 1.29 is 9.59 Å². The molecule has 1 aromatic carbocycles. The van der Waals surface area contributed by atoms with Crippen LogP contribution in [0.1, 0.15) is 16.1 Å². The van der Waals surface area contributed by atoms with Crippen LogP contribution in [0, 0.1) is 0 Å². The van der Waals surface area contributed by atoms with Gasteiger partial charge in [-0.3, -0.25) is 14.5 Å². The molecule has 0 bridgehead atoms. The Morgan fingerprint density at radius 1 is 1.26 bits per heavy atom. The Morgan fingerprint density at radius 3 is 2.74 bits per heavy atom. The number of anilines is 1. The Balaban J connectivity index is 2.05. The number of ketones is 1. The average Bonchev–Trinajstić information content (AvgIpc) is 2.89. The monoisotopic (exact) mass is 313 g/mol. The predicted molar refractivity (Wildman–Crippen MR) is 71.9 cm³/mol. The van der Waals surface area contributed by atoms with Gasteiger partial charge in [-0.15, -0.1) is 5.10 Å². The van der Waals surface area contributed by atoms with Crippen LogP contribution in [-0.2, 0) is 11.3 Å². The molecule has 3 rings (SSSR count). The maximum atomic E-state index is 12.0. The van der Waals surface area contributed by atoms with Crippen molar-refractivity contribution in [1.29, 1.82) is 0 Å². The van der Waals surface area contributed by atoms with Gasteiger partial charge in [0, 0.05) is 11.5 Å². The molecule has 0 radical (unpaired) electrons. The van der Waals surface area contributed by atoms with E-state index in [4.69, 9.17) is 23.2 Å². The first-order valence-corrected chi connectivity index (χ1v) is 6.74. The van der Waals surface area contributed by atoms with E-state index in [-0.39, 0.29) is 17.1 Å². The molecule has 19 heavy (non-hydrogen) atoms. The average molecular weight is 314 g/mol. The van der Waals surface area contributed by atoms with Crippen LogP contribution in [0.25, 0.3) is 0 Å². The minimum Gasteiger partial charge on any atom is -0.299 e. The Labute approximate surface area is 121 Å². The summed E-state index contributed by atoms with van der Waals surface area (Å²) in [4.78, 5) is 25.2. The van der Waals surface area contributed by atoms with Crippen LogP contribution in [0.15, 0.2) is 18.2 Å². The molecule has 0 aliphatic carbocycles. The van der Waals surface area contributed by atoms with Crippen LogP contribution in [0.4, 0.5) is 5.69 Å². The van der Waals surface area contributed by atoms with E-state index in [9.17, 15) is 9.59 Å². The van der Waals surface area contributed by atoms with Gasteiger partial charge in [0.25, 0.3) is 11.7 Å². The largest absolute Gasteiger partial charge is 0.299 e. The van der Waals surface area contributed by atoms with E-state index in [1.807, 2.05) is 0 Å². The lowest BCUT2D eigenvalue weighted by atomic mass is 10.1. The van der Waals surface area contributed by atoms with Crippen LogP contribution in [-0.4, -0.2) is 21.3 Å². The zero-order valence-electron chi connectivity index (χ0n) is 9.26. The molecule has 0 saturated heterocycles. The minimum absolute atomic E-state index is 0.104. The van der Waals surface area contributed by atoms with Gasteiger partial charge in [0.05, 0.1) is 22.8 Å². The van der Waals surface area contributed by atoms with Gasteiger partial charge in [-0.2, -0.15) is 0 Å². The van der Waals surface area contributed by atoms with Crippen molar-refractivity contribution in [2.75, 3.05) is 4.90 Å². The van der Waals surface area contributed by atoms with E-state index in [2.05, 4.69) is 9.59 Å². The summed E-state index contributed by atoms with van der Waals surface area (Å²) in [5.74, 6) is -1.24. The SMILES string of the molecule is O=C1C(=O)N(Cc2nnsc2Cl)c2cccc(Cl)c21. The van der Waals surface area contributed by atoms with Crippen LogP contribution in [0.2, 0.25) is 9.36 Å². The molecule has 1 aromatic heterocycles. The van der Waals surface area contributed by atoms with Gasteiger partial charge in [0.15, 0.2) is 0 Å². The second-order valence-corrected chi connectivity index (χ2v) is 5.61. The number of fused-ring (bicyclic) bond motifs is 1. The standard InChI is InChI=1S/C11H5Cl2N3O2S/c12-5-2-1-3-7-8(5)9(17)11(18)16(7)4-6-10(13)19-15-14-6/h1-3H,4H2. The molecule has 0 saturated carbocycles. The Hall–Kier alpha value is -1.50. The fourth-order valence-electron chi connectivity index (χ4n) is 1.90. The maximum absolute atomic E-state index is 12.0. The highest BCUT2D eigenvalue weighted by atomic mass is 35.5. The van der Waals surface area contributed by atoms with Crippen molar-refractivity contribution in [3.63, 3.8) is 0 Å². The van der Waals surface area contributed by atoms with E-state index in [1.165, 1.54) is 4.90 Å². The molecular formula is C11H5Cl2N3O2S. The van der Waals surface area contributed by atoms with Gasteiger partial charge in [-0.05, 0) is 12.1 Å². The van der Waals surface area contributed by atoms with Gasteiger partial charge in [0.1, 0.15) is 10.0 Å². The number of carbonyl (C=O) groups is 2. The molecule has 96 valence electrons. The van der Waals surface area contributed by atoms with Crippen LogP contribution < -0.4 is 4.90 Å². The number of Topliss-reactive ketones (excluding diaryl/α,β-unsaturated/α-hetero) is 1. The topological polar surface area (TPSA) is 63.2 Å². The summed E-state index contributed by atoms with van der Waals surface area (Å²) in [6, 6.07) is 4.92. The third kappa shape index (κ3) is 1.92. The van der Waals surface area contributed by atoms with Crippen molar-refractivity contribution >= 4 is 52.1 Å². The predicted octanol–water partition coefficient (Wildman–Crippen LogP) is 2.57. The second kappa shape index (κ2) is 4.56. The summed E-state index contributed by atoms with van der Waals surface area (Å²) in [6.45, 7) is 0.104. The van der Waals surface area contributed by atoms with E-state index in [0.717, 1.165) is 11.5 Å². The van der Waals surface area contributed by atoms with Crippen molar-refractivity contribution in [3.8, 4) is 0 Å². The third-order valence-electron chi connectivity index (χ3n) is 2.77. The Kier molecular flexibility index (Phi) is 3.00. The van der Waals surface area contributed by atoms with Crippen molar-refractivity contribution in [3.05, 3.63) is 38.8 Å². The van der Waals surface area contributed by atoms with E-state index < -0.39 is 11.7 Å². The van der Waals surface area contributed by atoms with Crippen LogP contribution in [0.3, 0.4) is 0 Å². The van der Waals surface area contributed by atoms with Crippen molar-refractivity contribution in [2.45, 2.75) is 6.54 Å². The summed E-state index contributed by atoms with van der Waals surface area (Å²) in [6.07, 6.45) is 0. The summed E-state index contributed by atoms with van der Waals surface area (Å²) in [5, 5.41) is 4.10. The molecule has 0 atom stereocenters. The first-order valence-electron chi connectivity index (χ1n) is 5.21. The highest BCUT2D eigenvalue weighted by molar-refractivity contribution is 7.10. The molecule has 5 nitrogen and oxygen atoms in total. The van der Waals surface area contributed by atoms with E-state index >= 15 is 0 Å². The number of benzene rings is 1. The number of hydrogen-bond acceptors (Lipinski definition) is 5. The lowest BCUT2D eigenvalue weighted by Gasteiger charge is -2.14. The molecule has 0 unspecified atom stereocenters. The molecule has 1 aliphatic heterocycles. The summed E-state index contributed by atoms with van der Waals surface area (Å²) in [5.41, 5.74) is 1.17. The van der Waals surface area contributed by atoms with Gasteiger partial charge in [0.2, 0.25) is 0 Å².